The Morgan fingerprint density at radius 1 is 1.38 bits per heavy atom. The highest BCUT2D eigenvalue weighted by molar-refractivity contribution is 5.69. The summed E-state index contributed by atoms with van der Waals surface area (Å²) in [5.74, 6) is 0.662. The van der Waals surface area contributed by atoms with Crippen LogP contribution in [0.3, 0.4) is 0 Å². The van der Waals surface area contributed by atoms with Gasteiger partial charge in [0.05, 0.1) is 6.04 Å². The molecule has 4 heteroatoms. The molecule has 3 atom stereocenters. The molecule has 0 aromatic heterocycles. The van der Waals surface area contributed by atoms with Gasteiger partial charge in [-0.05, 0) is 46.6 Å². The number of nitrogens with zero attached hydrogens (tertiary/aromatic N) is 1. The maximum Gasteiger partial charge on any atom is 0.410 e. The van der Waals surface area contributed by atoms with Crippen molar-refractivity contribution in [2.45, 2.75) is 51.3 Å². The molecule has 2 fully saturated rings. The van der Waals surface area contributed by atoms with Crippen LogP contribution in [0, 0.1) is 5.92 Å². The van der Waals surface area contributed by atoms with Gasteiger partial charge in [0.25, 0.3) is 0 Å². The van der Waals surface area contributed by atoms with E-state index in [1.165, 1.54) is 6.42 Å². The normalized spacial score (nSPS) is 33.2. The lowest BCUT2D eigenvalue weighted by Gasteiger charge is -2.34. The Kier molecular flexibility index (Phi) is 2.86. The average molecular weight is 226 g/mol. The molecule has 1 saturated heterocycles. The molecular formula is C12H22N2O2. The van der Waals surface area contributed by atoms with E-state index in [1.807, 2.05) is 32.7 Å². The number of carbonyl (C=O) groups excluding carboxylic acids is 1. The molecule has 92 valence electrons. The van der Waals surface area contributed by atoms with Gasteiger partial charge in [-0.15, -0.1) is 0 Å². The second-order valence-corrected chi connectivity index (χ2v) is 5.93. The summed E-state index contributed by atoms with van der Waals surface area (Å²) in [7, 11) is 1.97. The molecule has 1 saturated carbocycles. The molecule has 1 amide bonds. The van der Waals surface area contributed by atoms with Crippen LogP contribution in [0.5, 0.6) is 0 Å². The number of hydrogen-bond donors (Lipinski definition) is 1. The molecule has 0 radical (unpaired) electrons. The number of likely N-dealkylation sites (N-methyl/N-ethyl adjacent to an activating group) is 1. The van der Waals surface area contributed by atoms with Gasteiger partial charge in [-0.2, -0.15) is 0 Å². The molecule has 2 aliphatic rings. The molecule has 1 aliphatic carbocycles. The summed E-state index contributed by atoms with van der Waals surface area (Å²) in [5.41, 5.74) is -0.395. The summed E-state index contributed by atoms with van der Waals surface area (Å²) in [6.45, 7) is 6.61. The molecule has 0 aromatic carbocycles. The van der Waals surface area contributed by atoms with Gasteiger partial charge in [0.2, 0.25) is 0 Å². The lowest BCUT2D eigenvalue weighted by molar-refractivity contribution is 0.0161. The van der Waals surface area contributed by atoms with Crippen LogP contribution in [0.2, 0.25) is 0 Å². The van der Waals surface area contributed by atoms with Crippen LogP contribution in [0.25, 0.3) is 0 Å². The number of likely N-dealkylation sites (tertiary alicyclic amines) is 1. The van der Waals surface area contributed by atoms with Crippen LogP contribution in [0.1, 0.15) is 33.6 Å². The number of ether oxygens (including phenoxy) is 1. The highest BCUT2D eigenvalue weighted by Gasteiger charge is 2.47. The molecule has 0 aromatic rings. The van der Waals surface area contributed by atoms with Crippen molar-refractivity contribution in [2.24, 2.45) is 5.92 Å². The van der Waals surface area contributed by atoms with Gasteiger partial charge in [0.1, 0.15) is 5.60 Å². The number of fused-ring (bicyclic) bond motifs is 2. The Morgan fingerprint density at radius 3 is 2.56 bits per heavy atom. The fourth-order valence-electron chi connectivity index (χ4n) is 2.87. The fraction of sp³-hybridized carbons (Fsp3) is 0.917. The third-order valence-corrected chi connectivity index (χ3v) is 3.48. The second kappa shape index (κ2) is 3.91. The van der Waals surface area contributed by atoms with E-state index in [9.17, 15) is 4.79 Å². The lowest BCUT2D eigenvalue weighted by atomic mass is 10.1. The van der Waals surface area contributed by atoms with Crippen molar-refractivity contribution in [1.29, 1.82) is 0 Å². The molecule has 0 spiro atoms. The summed E-state index contributed by atoms with van der Waals surface area (Å²) >= 11 is 0. The molecule has 0 unspecified atom stereocenters. The minimum absolute atomic E-state index is 0.153. The van der Waals surface area contributed by atoms with Crippen LogP contribution in [0.4, 0.5) is 4.79 Å². The second-order valence-electron chi connectivity index (χ2n) is 5.93. The van der Waals surface area contributed by atoms with E-state index in [1.54, 1.807) is 0 Å². The fourth-order valence-corrected chi connectivity index (χ4v) is 2.87. The van der Waals surface area contributed by atoms with Gasteiger partial charge in [-0.3, -0.25) is 0 Å². The van der Waals surface area contributed by atoms with E-state index in [2.05, 4.69) is 5.32 Å². The van der Waals surface area contributed by atoms with Crippen molar-refractivity contribution in [1.82, 2.24) is 10.2 Å². The van der Waals surface area contributed by atoms with Gasteiger partial charge < -0.3 is 15.0 Å². The molecule has 2 rings (SSSR count). The van der Waals surface area contributed by atoms with E-state index in [0.717, 1.165) is 13.0 Å². The first kappa shape index (κ1) is 11.7. The average Bonchev–Trinajstić information content (AvgIpc) is 2.72. The third-order valence-electron chi connectivity index (χ3n) is 3.48. The zero-order chi connectivity index (χ0) is 11.9. The van der Waals surface area contributed by atoms with Gasteiger partial charge >= 0.3 is 6.09 Å². The maximum absolute atomic E-state index is 12.0. The van der Waals surface area contributed by atoms with Crippen molar-refractivity contribution in [3.63, 3.8) is 0 Å². The van der Waals surface area contributed by atoms with E-state index in [0.29, 0.717) is 18.0 Å². The van der Waals surface area contributed by atoms with Crippen LogP contribution in [-0.4, -0.2) is 42.3 Å². The van der Waals surface area contributed by atoms with E-state index < -0.39 is 5.60 Å². The minimum Gasteiger partial charge on any atom is -0.444 e. The number of carbonyl (C=O) groups is 1. The first-order valence-corrected chi connectivity index (χ1v) is 6.07. The Hall–Kier alpha value is -0.770. The number of hydrogen-bond acceptors (Lipinski definition) is 3. The highest BCUT2D eigenvalue weighted by Crippen LogP contribution is 2.38. The zero-order valence-corrected chi connectivity index (χ0v) is 10.6. The first-order valence-electron chi connectivity index (χ1n) is 6.07. The van der Waals surface area contributed by atoms with Crippen LogP contribution >= 0.6 is 0 Å². The van der Waals surface area contributed by atoms with Crippen molar-refractivity contribution in [2.75, 3.05) is 13.6 Å². The Bertz CT molecular complexity index is 285. The smallest absolute Gasteiger partial charge is 0.410 e. The van der Waals surface area contributed by atoms with Crippen LogP contribution in [0.15, 0.2) is 0 Å². The third kappa shape index (κ3) is 2.17. The van der Waals surface area contributed by atoms with Crippen LogP contribution in [-0.2, 0) is 4.74 Å². The number of nitrogens with one attached hydrogen (secondary N) is 1. The quantitative estimate of drug-likeness (QED) is 0.738. The van der Waals surface area contributed by atoms with Gasteiger partial charge in [0, 0.05) is 12.6 Å². The highest BCUT2D eigenvalue weighted by atomic mass is 16.6. The largest absolute Gasteiger partial charge is 0.444 e. The summed E-state index contributed by atoms with van der Waals surface area (Å²) in [5, 5.41) is 3.29. The van der Waals surface area contributed by atoms with Crippen molar-refractivity contribution < 1.29 is 9.53 Å². The van der Waals surface area contributed by atoms with Gasteiger partial charge in [0.15, 0.2) is 0 Å². The Labute approximate surface area is 97.3 Å². The summed E-state index contributed by atoms with van der Waals surface area (Å²) in [4.78, 5) is 13.9. The predicted molar refractivity (Wildman–Crippen MR) is 62.3 cm³/mol. The SMILES string of the molecule is CN[C@H]1C[C@@H]2C[C@H]1N(C(=O)OC(C)(C)C)C2. The van der Waals surface area contributed by atoms with E-state index in [-0.39, 0.29) is 6.09 Å². The molecule has 2 bridgehead atoms. The Morgan fingerprint density at radius 2 is 2.06 bits per heavy atom. The van der Waals surface area contributed by atoms with Crippen LogP contribution < -0.4 is 5.32 Å². The summed E-state index contributed by atoms with van der Waals surface area (Å²) in [6, 6.07) is 0.788. The van der Waals surface area contributed by atoms with E-state index >= 15 is 0 Å². The molecule has 4 nitrogen and oxygen atoms in total. The molecular weight excluding hydrogens is 204 g/mol. The maximum atomic E-state index is 12.0. The monoisotopic (exact) mass is 226 g/mol. The summed E-state index contributed by atoms with van der Waals surface area (Å²) in [6.07, 6.45) is 2.17. The number of amides is 1. The van der Waals surface area contributed by atoms with Crippen molar-refractivity contribution in [3.05, 3.63) is 0 Å². The van der Waals surface area contributed by atoms with Gasteiger partial charge in [-0.25, -0.2) is 4.79 Å². The minimum atomic E-state index is -0.395. The van der Waals surface area contributed by atoms with Crippen molar-refractivity contribution >= 4 is 6.09 Å². The van der Waals surface area contributed by atoms with Crippen molar-refractivity contribution in [3.8, 4) is 0 Å². The van der Waals surface area contributed by atoms with E-state index in [4.69, 9.17) is 4.74 Å². The predicted octanol–water partition coefficient (Wildman–Crippen LogP) is 1.60. The zero-order valence-electron chi connectivity index (χ0n) is 10.6. The lowest BCUT2D eigenvalue weighted by Crippen LogP contribution is -2.50. The molecule has 1 heterocycles. The standard InChI is InChI=1S/C12H22N2O2/c1-12(2,3)16-11(15)14-7-8-5-9(13-4)10(14)6-8/h8-10,13H,5-7H2,1-4H3/t8-,9+,10-/m1/s1. The number of rotatable bonds is 1. The topological polar surface area (TPSA) is 41.6 Å². The molecule has 1 N–H and O–H groups in total. The molecule has 1 aliphatic heterocycles. The summed E-state index contributed by atoms with van der Waals surface area (Å²) < 4.78 is 5.43. The van der Waals surface area contributed by atoms with Gasteiger partial charge in [-0.1, -0.05) is 0 Å². The molecule has 16 heavy (non-hydrogen) atoms. The first-order chi connectivity index (χ1) is 7.40. The Balaban J connectivity index is 1.99. The number of piperidine rings is 1.